The number of carbonyl (C=O) groups excluding carboxylic acids is 2. The summed E-state index contributed by atoms with van der Waals surface area (Å²) in [5, 5.41) is 0. The molecule has 3 rings (SSSR count). The molecule has 1 amide bonds. The number of amides is 1. The summed E-state index contributed by atoms with van der Waals surface area (Å²) in [5.74, 6) is -0.00795. The van der Waals surface area contributed by atoms with E-state index in [-0.39, 0.29) is 11.5 Å². The molecule has 0 bridgehead atoms. The Bertz CT molecular complexity index is 833. The fourth-order valence-corrected chi connectivity index (χ4v) is 3.03. The molecule has 0 saturated carbocycles. The number of ether oxygens (including phenoxy) is 3. The van der Waals surface area contributed by atoms with Crippen molar-refractivity contribution in [1.82, 2.24) is 0 Å². The lowest BCUT2D eigenvalue weighted by Crippen LogP contribution is -2.39. The second-order valence-corrected chi connectivity index (χ2v) is 5.98. The first-order valence-electron chi connectivity index (χ1n) is 8.37. The molecule has 1 aliphatic heterocycles. The Kier molecular flexibility index (Phi) is 5.11. The van der Waals surface area contributed by atoms with Crippen LogP contribution in [-0.2, 0) is 16.0 Å². The number of rotatable bonds is 5. The van der Waals surface area contributed by atoms with Crippen LogP contribution in [-0.4, -0.2) is 38.7 Å². The number of nitrogens with zero attached hydrogens (tertiary/aromatic N) is 1. The van der Waals surface area contributed by atoms with Gasteiger partial charge in [0, 0.05) is 12.2 Å². The highest BCUT2D eigenvalue weighted by atomic mass is 16.5. The Morgan fingerprint density at radius 2 is 1.85 bits per heavy atom. The fourth-order valence-electron chi connectivity index (χ4n) is 3.03. The number of fused-ring (bicyclic) bond motifs is 1. The van der Waals surface area contributed by atoms with Crippen LogP contribution < -0.4 is 14.4 Å². The number of esters is 1. The van der Waals surface area contributed by atoms with E-state index >= 15 is 0 Å². The maximum atomic E-state index is 12.7. The van der Waals surface area contributed by atoms with Gasteiger partial charge in [0.05, 0.1) is 14.2 Å². The van der Waals surface area contributed by atoms with Crippen molar-refractivity contribution in [1.29, 1.82) is 0 Å². The molecule has 2 aromatic rings. The first-order valence-corrected chi connectivity index (χ1v) is 8.37. The molecule has 1 heterocycles. The molecule has 6 nitrogen and oxygen atoms in total. The van der Waals surface area contributed by atoms with Gasteiger partial charge < -0.3 is 19.1 Å². The van der Waals surface area contributed by atoms with E-state index in [9.17, 15) is 9.59 Å². The number of para-hydroxylation sites is 1. The third-order valence-electron chi connectivity index (χ3n) is 4.41. The van der Waals surface area contributed by atoms with Crippen molar-refractivity contribution >= 4 is 17.6 Å². The summed E-state index contributed by atoms with van der Waals surface area (Å²) >= 11 is 0. The van der Waals surface area contributed by atoms with Crippen molar-refractivity contribution in [2.75, 3.05) is 25.7 Å². The first kappa shape index (κ1) is 17.8. The summed E-state index contributed by atoms with van der Waals surface area (Å²) in [7, 11) is 2.97. The minimum atomic E-state index is -0.912. The zero-order valence-corrected chi connectivity index (χ0v) is 15.0. The minimum absolute atomic E-state index is 0.216. The number of carbonyl (C=O) groups is 2. The van der Waals surface area contributed by atoms with E-state index in [1.54, 1.807) is 24.0 Å². The molecule has 26 heavy (non-hydrogen) atoms. The Hall–Kier alpha value is -3.02. The van der Waals surface area contributed by atoms with Gasteiger partial charge in [-0.25, -0.2) is 4.79 Å². The fraction of sp³-hybridized carbons (Fsp3) is 0.300. The SMILES string of the molecule is COc1ccc(OC)c(C(=O)O[C@@H](C)C(=O)N2CCc3ccccc32)c1. The van der Waals surface area contributed by atoms with Crippen LogP contribution >= 0.6 is 0 Å². The maximum absolute atomic E-state index is 12.7. The predicted octanol–water partition coefficient (Wildman–Crippen LogP) is 2.84. The van der Waals surface area contributed by atoms with Crippen LogP contribution in [0.4, 0.5) is 5.69 Å². The molecule has 0 spiro atoms. The Labute approximate surface area is 152 Å². The van der Waals surface area contributed by atoms with Crippen molar-refractivity contribution < 1.29 is 23.8 Å². The van der Waals surface area contributed by atoms with Gasteiger partial charge in [-0.2, -0.15) is 0 Å². The van der Waals surface area contributed by atoms with Crippen molar-refractivity contribution in [3.8, 4) is 11.5 Å². The summed E-state index contributed by atoms with van der Waals surface area (Å²) in [5.41, 5.74) is 2.21. The van der Waals surface area contributed by atoms with Crippen LogP contribution in [0.25, 0.3) is 0 Å². The summed E-state index contributed by atoms with van der Waals surface area (Å²) in [6.45, 7) is 2.16. The number of hydrogen-bond donors (Lipinski definition) is 0. The van der Waals surface area contributed by atoms with Crippen LogP contribution in [0.1, 0.15) is 22.8 Å². The van der Waals surface area contributed by atoms with Crippen molar-refractivity contribution in [2.24, 2.45) is 0 Å². The van der Waals surface area contributed by atoms with E-state index in [1.807, 2.05) is 24.3 Å². The van der Waals surface area contributed by atoms with E-state index in [2.05, 4.69) is 0 Å². The van der Waals surface area contributed by atoms with Gasteiger partial charge in [0.25, 0.3) is 5.91 Å². The number of hydrogen-bond acceptors (Lipinski definition) is 5. The summed E-state index contributed by atoms with van der Waals surface area (Å²) < 4.78 is 15.7. The summed E-state index contributed by atoms with van der Waals surface area (Å²) in [6, 6.07) is 12.6. The Balaban J connectivity index is 1.75. The molecule has 1 aliphatic rings. The van der Waals surface area contributed by atoms with E-state index in [0.717, 1.165) is 17.7 Å². The quantitative estimate of drug-likeness (QED) is 0.772. The molecule has 0 N–H and O–H groups in total. The maximum Gasteiger partial charge on any atom is 0.342 e. The van der Waals surface area contributed by atoms with Crippen LogP contribution in [0.3, 0.4) is 0 Å². The normalized spacial score (nSPS) is 13.7. The van der Waals surface area contributed by atoms with Gasteiger partial charge in [-0.3, -0.25) is 4.79 Å². The second-order valence-electron chi connectivity index (χ2n) is 5.98. The van der Waals surface area contributed by atoms with E-state index < -0.39 is 12.1 Å². The lowest BCUT2D eigenvalue weighted by Gasteiger charge is -2.22. The average Bonchev–Trinajstić information content (AvgIpc) is 3.10. The van der Waals surface area contributed by atoms with E-state index in [4.69, 9.17) is 14.2 Å². The van der Waals surface area contributed by atoms with E-state index in [1.165, 1.54) is 20.3 Å². The van der Waals surface area contributed by atoms with Gasteiger partial charge in [-0.05, 0) is 43.2 Å². The standard InChI is InChI=1S/C20H21NO5/c1-13(19(22)21-11-10-14-6-4-5-7-17(14)21)26-20(23)16-12-15(24-2)8-9-18(16)25-3/h4-9,12-13H,10-11H2,1-3H3/t13-/m0/s1. The van der Waals surface area contributed by atoms with Gasteiger partial charge in [0.2, 0.25) is 0 Å². The molecule has 0 saturated heterocycles. The second kappa shape index (κ2) is 7.47. The highest BCUT2D eigenvalue weighted by molar-refractivity contribution is 6.01. The molecule has 1 atom stereocenters. The van der Waals surface area contributed by atoms with Gasteiger partial charge in [0.15, 0.2) is 6.10 Å². The van der Waals surface area contributed by atoms with Gasteiger partial charge in [0.1, 0.15) is 17.1 Å². The minimum Gasteiger partial charge on any atom is -0.497 e. The van der Waals surface area contributed by atoms with E-state index in [0.29, 0.717) is 18.0 Å². The number of benzene rings is 2. The Morgan fingerprint density at radius 1 is 1.08 bits per heavy atom. The Morgan fingerprint density at radius 3 is 2.58 bits per heavy atom. The molecule has 0 radical (unpaired) electrons. The lowest BCUT2D eigenvalue weighted by molar-refractivity contribution is -0.126. The zero-order valence-electron chi connectivity index (χ0n) is 15.0. The molecule has 0 fully saturated rings. The van der Waals surface area contributed by atoms with Gasteiger partial charge >= 0.3 is 5.97 Å². The monoisotopic (exact) mass is 355 g/mol. The zero-order chi connectivity index (χ0) is 18.7. The molecule has 0 unspecified atom stereocenters. The largest absolute Gasteiger partial charge is 0.497 e. The predicted molar refractivity (Wildman–Crippen MR) is 96.9 cm³/mol. The molecule has 0 aliphatic carbocycles. The molecule has 136 valence electrons. The smallest absolute Gasteiger partial charge is 0.342 e. The average molecular weight is 355 g/mol. The number of anilines is 1. The number of methoxy groups -OCH3 is 2. The van der Waals surface area contributed by atoms with Crippen molar-refractivity contribution in [3.05, 3.63) is 53.6 Å². The molecule has 6 heteroatoms. The van der Waals surface area contributed by atoms with Gasteiger partial charge in [-0.15, -0.1) is 0 Å². The lowest BCUT2D eigenvalue weighted by atomic mass is 10.2. The summed E-state index contributed by atoms with van der Waals surface area (Å²) in [4.78, 5) is 26.9. The first-order chi connectivity index (χ1) is 12.5. The molecule has 0 aromatic heterocycles. The molecular formula is C20H21NO5. The highest BCUT2D eigenvalue weighted by Crippen LogP contribution is 2.29. The van der Waals surface area contributed by atoms with Crippen molar-refractivity contribution in [3.63, 3.8) is 0 Å². The molecular weight excluding hydrogens is 334 g/mol. The third-order valence-corrected chi connectivity index (χ3v) is 4.41. The van der Waals surface area contributed by atoms with Gasteiger partial charge in [-0.1, -0.05) is 18.2 Å². The van der Waals surface area contributed by atoms with Crippen LogP contribution in [0.5, 0.6) is 11.5 Å². The summed E-state index contributed by atoms with van der Waals surface area (Å²) in [6.07, 6.45) is -0.115. The highest BCUT2D eigenvalue weighted by Gasteiger charge is 2.30. The van der Waals surface area contributed by atoms with Crippen LogP contribution in [0.15, 0.2) is 42.5 Å². The topological polar surface area (TPSA) is 65.1 Å². The molecule has 2 aromatic carbocycles. The van der Waals surface area contributed by atoms with Crippen LogP contribution in [0, 0.1) is 0 Å². The third kappa shape index (κ3) is 3.35. The van der Waals surface area contributed by atoms with Crippen LogP contribution in [0.2, 0.25) is 0 Å². The van der Waals surface area contributed by atoms with Crippen molar-refractivity contribution in [2.45, 2.75) is 19.4 Å².